The maximum atomic E-state index is 12.7. The van der Waals surface area contributed by atoms with Gasteiger partial charge < -0.3 is 11.1 Å². The molecule has 0 aliphatic heterocycles. The first-order valence-corrected chi connectivity index (χ1v) is 10.2. The van der Waals surface area contributed by atoms with Gasteiger partial charge in [0.15, 0.2) is 5.84 Å². The van der Waals surface area contributed by atoms with Crippen molar-refractivity contribution in [3.8, 4) is 0 Å². The van der Waals surface area contributed by atoms with E-state index in [0.717, 1.165) is 17.3 Å². The topological polar surface area (TPSA) is 109 Å². The molecule has 0 bridgehead atoms. The molecule has 1 unspecified atom stereocenters. The zero-order valence-electron chi connectivity index (χ0n) is 16.8. The highest BCUT2D eigenvalue weighted by Gasteiger charge is 2.29. The van der Waals surface area contributed by atoms with Crippen LogP contribution in [-0.2, 0) is 17.2 Å². The second-order valence-electron chi connectivity index (χ2n) is 7.50. The Morgan fingerprint density at radius 3 is 2.27 bits per heavy atom. The highest BCUT2D eigenvalue weighted by atomic mass is 32.2. The van der Waals surface area contributed by atoms with E-state index in [2.05, 4.69) is 15.1 Å². The summed E-state index contributed by atoms with van der Waals surface area (Å²) in [5.41, 5.74) is 6.42. The van der Waals surface area contributed by atoms with E-state index in [-0.39, 0.29) is 17.3 Å². The quantitative estimate of drug-likeness (QED) is 0.228. The largest absolute Gasteiger partial charge is 0.416 e. The van der Waals surface area contributed by atoms with Crippen LogP contribution in [0.3, 0.4) is 0 Å². The van der Waals surface area contributed by atoms with Crippen molar-refractivity contribution >= 4 is 28.2 Å². The summed E-state index contributed by atoms with van der Waals surface area (Å²) in [4.78, 5) is 0. The predicted molar refractivity (Wildman–Crippen MR) is 114 cm³/mol. The summed E-state index contributed by atoms with van der Waals surface area (Å²) in [6.07, 6.45) is -4.40. The Bertz CT molecular complexity index is 910. The van der Waals surface area contributed by atoms with Crippen LogP contribution in [0.15, 0.2) is 53.6 Å². The highest BCUT2D eigenvalue weighted by molar-refractivity contribution is 7.82. The van der Waals surface area contributed by atoms with Gasteiger partial charge in [0.1, 0.15) is 16.9 Å². The molecule has 0 spiro atoms. The number of para-hydroxylation sites is 1. The molecule has 0 aromatic heterocycles. The van der Waals surface area contributed by atoms with Gasteiger partial charge in [0, 0.05) is 22.5 Å². The number of alkyl halides is 3. The number of amidine groups is 1. The first-order chi connectivity index (χ1) is 13.8. The minimum absolute atomic E-state index is 0.0558. The lowest BCUT2D eigenvalue weighted by Crippen LogP contribution is -2.43. The second kappa shape index (κ2) is 9.45. The summed E-state index contributed by atoms with van der Waals surface area (Å²) in [7, 11) is -1.46. The van der Waals surface area contributed by atoms with Gasteiger partial charge in [0.05, 0.1) is 5.56 Å². The fourth-order valence-corrected chi connectivity index (χ4v) is 3.47. The maximum Gasteiger partial charge on any atom is 0.416 e. The normalized spacial score (nSPS) is 13.8. The van der Waals surface area contributed by atoms with Crippen LogP contribution in [0.5, 0.6) is 0 Å². The fraction of sp³-hybridized carbons (Fsp3) is 0.316. The van der Waals surface area contributed by atoms with Crippen LogP contribution in [0.4, 0.5) is 24.5 Å². The standard InChI is InChI=1S/C19H25F3N6OS/c1-18(2,3)27-30(29)12-28(24)26-17(23)15-6-4-5-7-16(15)25-14-10-8-13(9-11-14)19(20,21)22/h4-11,25,27H,12,24H2,1-3H3,(H2,23,26). The van der Waals surface area contributed by atoms with E-state index in [1.54, 1.807) is 24.3 Å². The molecule has 0 aliphatic carbocycles. The van der Waals surface area contributed by atoms with E-state index >= 15 is 0 Å². The molecule has 0 heterocycles. The Morgan fingerprint density at radius 2 is 1.70 bits per heavy atom. The molecule has 0 saturated heterocycles. The molecule has 2 aromatic rings. The van der Waals surface area contributed by atoms with Crippen LogP contribution in [0.1, 0.15) is 31.9 Å². The lowest BCUT2D eigenvalue weighted by molar-refractivity contribution is -0.137. The molecule has 2 aromatic carbocycles. The summed E-state index contributed by atoms with van der Waals surface area (Å²) < 4.78 is 53.1. The first kappa shape index (κ1) is 23.6. The molecule has 0 amide bonds. The summed E-state index contributed by atoms with van der Waals surface area (Å²) in [5, 5.41) is 8.04. The van der Waals surface area contributed by atoms with Crippen molar-refractivity contribution in [1.82, 2.24) is 9.84 Å². The third kappa shape index (κ3) is 7.32. The molecule has 0 radical (unpaired) electrons. The van der Waals surface area contributed by atoms with E-state index in [1.165, 1.54) is 12.1 Å². The summed E-state index contributed by atoms with van der Waals surface area (Å²) >= 11 is 0. The van der Waals surface area contributed by atoms with Gasteiger partial charge in [-0.2, -0.15) is 13.2 Å². The van der Waals surface area contributed by atoms with Gasteiger partial charge in [-0.15, -0.1) is 5.10 Å². The van der Waals surface area contributed by atoms with Crippen LogP contribution in [-0.4, -0.2) is 26.6 Å². The zero-order chi connectivity index (χ0) is 22.5. The number of hydrogen-bond acceptors (Lipinski definition) is 5. The molecule has 7 nitrogen and oxygen atoms in total. The summed E-state index contributed by atoms with van der Waals surface area (Å²) in [6, 6.07) is 11.5. The average molecular weight is 443 g/mol. The Kier molecular flexibility index (Phi) is 7.45. The number of anilines is 2. The van der Waals surface area contributed by atoms with E-state index in [0.29, 0.717) is 16.9 Å². The molecule has 2 rings (SSSR count). The van der Waals surface area contributed by atoms with Crippen LogP contribution in [0.25, 0.3) is 0 Å². The van der Waals surface area contributed by atoms with Crippen LogP contribution < -0.4 is 21.6 Å². The van der Waals surface area contributed by atoms with Crippen molar-refractivity contribution in [1.29, 1.82) is 0 Å². The van der Waals surface area contributed by atoms with Gasteiger partial charge in [0.25, 0.3) is 0 Å². The van der Waals surface area contributed by atoms with Crippen molar-refractivity contribution in [2.45, 2.75) is 32.5 Å². The number of nitrogens with zero attached hydrogens (tertiary/aromatic N) is 2. The van der Waals surface area contributed by atoms with Crippen molar-refractivity contribution in [2.75, 3.05) is 11.2 Å². The molecule has 1 atom stereocenters. The van der Waals surface area contributed by atoms with E-state index < -0.39 is 22.7 Å². The molecular weight excluding hydrogens is 417 g/mol. The number of hydrazone groups is 1. The lowest BCUT2D eigenvalue weighted by atomic mass is 10.1. The summed E-state index contributed by atoms with van der Waals surface area (Å²) in [6.45, 7) is 5.60. The number of hydrazine groups is 1. The third-order valence-electron chi connectivity index (χ3n) is 3.60. The van der Waals surface area contributed by atoms with Gasteiger partial charge in [0.2, 0.25) is 0 Å². The Balaban J connectivity index is 2.15. The van der Waals surface area contributed by atoms with E-state index in [4.69, 9.17) is 11.6 Å². The maximum absolute atomic E-state index is 12.7. The van der Waals surface area contributed by atoms with Gasteiger partial charge in [-0.05, 0) is 57.2 Å². The molecule has 0 aliphatic rings. The van der Waals surface area contributed by atoms with E-state index in [9.17, 15) is 17.4 Å². The van der Waals surface area contributed by atoms with Gasteiger partial charge in [-0.1, -0.05) is 12.1 Å². The van der Waals surface area contributed by atoms with Crippen molar-refractivity contribution in [2.24, 2.45) is 16.7 Å². The van der Waals surface area contributed by atoms with Gasteiger partial charge >= 0.3 is 6.18 Å². The van der Waals surface area contributed by atoms with Crippen LogP contribution in [0.2, 0.25) is 0 Å². The SMILES string of the molecule is CC(C)(C)NS(=O)CN(N)/N=C(\N)c1ccccc1Nc1ccc(C(F)(F)F)cc1. The van der Waals surface area contributed by atoms with Crippen molar-refractivity contribution < 1.29 is 17.4 Å². The number of hydrogen-bond donors (Lipinski definition) is 4. The number of rotatable bonds is 7. The minimum Gasteiger partial charge on any atom is -0.382 e. The van der Waals surface area contributed by atoms with E-state index in [1.807, 2.05) is 20.8 Å². The van der Waals surface area contributed by atoms with Crippen molar-refractivity contribution in [3.63, 3.8) is 0 Å². The first-order valence-electron chi connectivity index (χ1n) is 8.91. The Morgan fingerprint density at radius 1 is 1.10 bits per heavy atom. The number of benzene rings is 2. The third-order valence-corrected chi connectivity index (χ3v) is 4.94. The highest BCUT2D eigenvalue weighted by Crippen LogP contribution is 2.30. The number of halogens is 3. The van der Waals surface area contributed by atoms with Gasteiger partial charge in [-0.3, -0.25) is 0 Å². The lowest BCUT2D eigenvalue weighted by Gasteiger charge is -2.21. The number of nitrogens with one attached hydrogen (secondary N) is 2. The minimum atomic E-state index is -4.40. The molecule has 11 heteroatoms. The zero-order valence-corrected chi connectivity index (χ0v) is 17.6. The molecule has 30 heavy (non-hydrogen) atoms. The summed E-state index contributed by atoms with van der Waals surface area (Å²) in [5.74, 6) is 5.76. The Hall–Kier alpha value is -2.63. The average Bonchev–Trinajstić information content (AvgIpc) is 2.60. The second-order valence-corrected chi connectivity index (χ2v) is 8.65. The Labute approximate surface area is 175 Å². The molecule has 0 saturated carbocycles. The smallest absolute Gasteiger partial charge is 0.382 e. The molecular formula is C19H25F3N6OS. The number of nitrogens with two attached hydrogens (primary N) is 2. The fourth-order valence-electron chi connectivity index (χ4n) is 2.43. The molecule has 164 valence electrons. The van der Waals surface area contributed by atoms with Crippen LogP contribution >= 0.6 is 0 Å². The molecule has 6 N–H and O–H groups in total. The predicted octanol–water partition coefficient (Wildman–Crippen LogP) is 3.25. The van der Waals surface area contributed by atoms with Crippen molar-refractivity contribution in [3.05, 3.63) is 59.7 Å². The van der Waals surface area contributed by atoms with Crippen LogP contribution in [0, 0.1) is 0 Å². The molecule has 0 fully saturated rings. The monoisotopic (exact) mass is 442 g/mol. The van der Waals surface area contributed by atoms with Gasteiger partial charge in [-0.25, -0.2) is 19.9 Å².